The molecule has 0 aromatic heterocycles. The molecule has 1 N–H and O–H groups in total. The maximum atomic E-state index is 5.50. The summed E-state index contributed by atoms with van der Waals surface area (Å²) in [4.78, 5) is 0. The number of rotatable bonds is 1. The summed E-state index contributed by atoms with van der Waals surface area (Å²) in [5.41, 5.74) is 2.82. The Morgan fingerprint density at radius 1 is 1.33 bits per heavy atom. The molecule has 0 bridgehead atoms. The zero-order valence-corrected chi connectivity index (χ0v) is 9.48. The second-order valence-electron chi connectivity index (χ2n) is 4.11. The molecule has 0 unspecified atom stereocenters. The number of hydrogen-bond donors (Lipinski definition) is 1. The van der Waals surface area contributed by atoms with E-state index in [4.69, 9.17) is 4.74 Å². The van der Waals surface area contributed by atoms with Gasteiger partial charge in [0.1, 0.15) is 5.75 Å². The minimum atomic E-state index is 0. The monoisotopic (exact) mass is 225 g/mol. The van der Waals surface area contributed by atoms with Crippen molar-refractivity contribution >= 4 is 12.4 Å². The fraction of sp³-hybridized carbons (Fsp3) is 0.500. The van der Waals surface area contributed by atoms with Gasteiger partial charge in [-0.2, -0.15) is 0 Å². The standard InChI is InChI=1S/C12H15NO.ClH/c1-2-11(13-6-1)9-3-4-12-10(8-9)5-7-14-12;/h3-4,8,11,13H,1-2,5-7H2;1H/t11-;/m1./s1. The van der Waals surface area contributed by atoms with Crippen LogP contribution in [-0.4, -0.2) is 13.2 Å². The number of nitrogens with one attached hydrogen (secondary N) is 1. The number of halogens is 1. The molecule has 2 heterocycles. The predicted octanol–water partition coefficient (Wildman–Crippen LogP) is 2.47. The van der Waals surface area contributed by atoms with Crippen molar-refractivity contribution in [1.29, 1.82) is 0 Å². The van der Waals surface area contributed by atoms with Crippen molar-refractivity contribution in [1.82, 2.24) is 5.32 Å². The van der Waals surface area contributed by atoms with E-state index in [0.717, 1.165) is 25.3 Å². The molecule has 0 aliphatic carbocycles. The summed E-state index contributed by atoms with van der Waals surface area (Å²) >= 11 is 0. The minimum Gasteiger partial charge on any atom is -0.493 e. The van der Waals surface area contributed by atoms with Gasteiger partial charge in [-0.15, -0.1) is 12.4 Å². The van der Waals surface area contributed by atoms with E-state index in [0.29, 0.717) is 6.04 Å². The van der Waals surface area contributed by atoms with E-state index in [-0.39, 0.29) is 12.4 Å². The number of benzene rings is 1. The van der Waals surface area contributed by atoms with E-state index in [9.17, 15) is 0 Å². The predicted molar refractivity (Wildman–Crippen MR) is 62.9 cm³/mol. The summed E-state index contributed by atoms with van der Waals surface area (Å²) in [6.07, 6.45) is 3.66. The van der Waals surface area contributed by atoms with Crippen LogP contribution < -0.4 is 10.1 Å². The van der Waals surface area contributed by atoms with Crippen LogP contribution in [0.25, 0.3) is 0 Å². The summed E-state index contributed by atoms with van der Waals surface area (Å²) in [6.45, 7) is 2.02. The molecule has 3 rings (SSSR count). The Morgan fingerprint density at radius 3 is 3.07 bits per heavy atom. The van der Waals surface area contributed by atoms with E-state index in [1.165, 1.54) is 24.0 Å². The molecule has 0 amide bonds. The van der Waals surface area contributed by atoms with Crippen LogP contribution in [0.4, 0.5) is 0 Å². The van der Waals surface area contributed by atoms with Crippen molar-refractivity contribution in [2.45, 2.75) is 25.3 Å². The van der Waals surface area contributed by atoms with E-state index in [1.807, 2.05) is 0 Å². The van der Waals surface area contributed by atoms with Crippen molar-refractivity contribution in [2.75, 3.05) is 13.2 Å². The molecule has 2 aliphatic rings. The van der Waals surface area contributed by atoms with Gasteiger partial charge in [-0.05, 0) is 36.6 Å². The SMILES string of the molecule is Cl.c1cc2c(cc1[C@H]1CCCN1)CCO2. The first-order valence-electron chi connectivity index (χ1n) is 5.42. The summed E-state index contributed by atoms with van der Waals surface area (Å²) in [7, 11) is 0. The van der Waals surface area contributed by atoms with Crippen LogP contribution >= 0.6 is 12.4 Å². The summed E-state index contributed by atoms with van der Waals surface area (Å²) < 4.78 is 5.50. The Bertz CT molecular complexity index is 347. The highest BCUT2D eigenvalue weighted by Gasteiger charge is 2.19. The summed E-state index contributed by atoms with van der Waals surface area (Å²) in [5, 5.41) is 3.52. The Balaban J connectivity index is 0.000000853. The topological polar surface area (TPSA) is 21.3 Å². The lowest BCUT2D eigenvalue weighted by molar-refractivity contribution is 0.357. The van der Waals surface area contributed by atoms with Gasteiger partial charge in [0.25, 0.3) is 0 Å². The van der Waals surface area contributed by atoms with Gasteiger partial charge in [0.15, 0.2) is 0 Å². The third-order valence-electron chi connectivity index (χ3n) is 3.18. The van der Waals surface area contributed by atoms with Crippen LogP contribution in [-0.2, 0) is 6.42 Å². The first kappa shape index (κ1) is 10.8. The molecule has 1 atom stereocenters. The lowest BCUT2D eigenvalue weighted by Crippen LogP contribution is -2.12. The van der Waals surface area contributed by atoms with Crippen molar-refractivity contribution < 1.29 is 4.74 Å². The zero-order valence-electron chi connectivity index (χ0n) is 8.66. The maximum Gasteiger partial charge on any atom is 0.122 e. The molecule has 0 spiro atoms. The molecular weight excluding hydrogens is 210 g/mol. The first-order valence-corrected chi connectivity index (χ1v) is 5.42. The zero-order chi connectivity index (χ0) is 9.38. The first-order chi connectivity index (χ1) is 6.93. The largest absolute Gasteiger partial charge is 0.493 e. The molecule has 82 valence electrons. The maximum absolute atomic E-state index is 5.50. The Hall–Kier alpha value is -0.730. The lowest BCUT2D eigenvalue weighted by Gasteiger charge is -2.11. The molecule has 15 heavy (non-hydrogen) atoms. The van der Waals surface area contributed by atoms with Crippen molar-refractivity contribution in [3.8, 4) is 5.75 Å². The fourth-order valence-electron chi connectivity index (χ4n) is 2.39. The molecule has 0 radical (unpaired) electrons. The highest BCUT2D eigenvalue weighted by atomic mass is 35.5. The van der Waals surface area contributed by atoms with Crippen LogP contribution in [0.15, 0.2) is 18.2 Å². The molecule has 3 heteroatoms. The molecule has 2 aliphatic heterocycles. The average molecular weight is 226 g/mol. The van der Waals surface area contributed by atoms with Gasteiger partial charge in [-0.25, -0.2) is 0 Å². The summed E-state index contributed by atoms with van der Waals surface area (Å²) in [5.74, 6) is 1.09. The van der Waals surface area contributed by atoms with Gasteiger partial charge in [0.05, 0.1) is 6.61 Å². The minimum absolute atomic E-state index is 0. The number of fused-ring (bicyclic) bond motifs is 1. The Kier molecular flexibility index (Phi) is 3.17. The average Bonchev–Trinajstić information content (AvgIpc) is 2.88. The third kappa shape index (κ3) is 1.97. The Labute approximate surface area is 96.4 Å². The normalized spacial score (nSPS) is 23.1. The van der Waals surface area contributed by atoms with Gasteiger partial charge < -0.3 is 10.1 Å². The lowest BCUT2D eigenvalue weighted by atomic mass is 10.0. The smallest absolute Gasteiger partial charge is 0.122 e. The van der Waals surface area contributed by atoms with Gasteiger partial charge in [-0.3, -0.25) is 0 Å². The van der Waals surface area contributed by atoms with Crippen LogP contribution in [0.2, 0.25) is 0 Å². The molecule has 1 saturated heterocycles. The molecule has 2 nitrogen and oxygen atoms in total. The van der Waals surface area contributed by atoms with Gasteiger partial charge in [-0.1, -0.05) is 12.1 Å². The van der Waals surface area contributed by atoms with E-state index in [1.54, 1.807) is 0 Å². The van der Waals surface area contributed by atoms with Gasteiger partial charge in [0.2, 0.25) is 0 Å². The fourth-order valence-corrected chi connectivity index (χ4v) is 2.39. The van der Waals surface area contributed by atoms with Crippen molar-refractivity contribution in [2.24, 2.45) is 0 Å². The molecule has 1 aromatic rings. The molecule has 0 saturated carbocycles. The number of ether oxygens (including phenoxy) is 1. The Morgan fingerprint density at radius 2 is 2.27 bits per heavy atom. The van der Waals surface area contributed by atoms with Gasteiger partial charge >= 0.3 is 0 Å². The van der Waals surface area contributed by atoms with Crippen molar-refractivity contribution in [3.63, 3.8) is 0 Å². The number of hydrogen-bond acceptors (Lipinski definition) is 2. The van der Waals surface area contributed by atoms with Crippen LogP contribution in [0.3, 0.4) is 0 Å². The molecule has 1 fully saturated rings. The quantitative estimate of drug-likeness (QED) is 0.793. The van der Waals surface area contributed by atoms with E-state index < -0.39 is 0 Å². The second-order valence-corrected chi connectivity index (χ2v) is 4.11. The molecular formula is C12H16ClNO. The van der Waals surface area contributed by atoms with Crippen LogP contribution in [0.5, 0.6) is 5.75 Å². The molecule has 1 aromatic carbocycles. The van der Waals surface area contributed by atoms with Crippen molar-refractivity contribution in [3.05, 3.63) is 29.3 Å². The third-order valence-corrected chi connectivity index (χ3v) is 3.18. The van der Waals surface area contributed by atoms with E-state index >= 15 is 0 Å². The highest BCUT2D eigenvalue weighted by molar-refractivity contribution is 5.85. The highest BCUT2D eigenvalue weighted by Crippen LogP contribution is 2.30. The van der Waals surface area contributed by atoms with E-state index in [2.05, 4.69) is 23.5 Å². The second kappa shape index (κ2) is 4.42. The van der Waals surface area contributed by atoms with Crippen LogP contribution in [0, 0.1) is 0 Å². The van der Waals surface area contributed by atoms with Crippen LogP contribution in [0.1, 0.15) is 30.0 Å². The summed E-state index contributed by atoms with van der Waals surface area (Å²) in [6, 6.07) is 7.22. The van der Waals surface area contributed by atoms with Gasteiger partial charge in [0, 0.05) is 12.5 Å².